The fourth-order valence-electron chi connectivity index (χ4n) is 4.41. The third-order valence-corrected chi connectivity index (χ3v) is 6.52. The van der Waals surface area contributed by atoms with E-state index >= 15 is 0 Å². The molecule has 2 aliphatic carbocycles. The van der Waals surface area contributed by atoms with Gasteiger partial charge in [0, 0.05) is 10.6 Å². The predicted molar refractivity (Wildman–Crippen MR) is 113 cm³/mol. The fraction of sp³-hybridized carbons (Fsp3) is 0.429. The Morgan fingerprint density at radius 3 is 2.53 bits per heavy atom. The number of nitrogens with zero attached hydrogens (tertiary/aromatic N) is 2. The number of hydrogen-bond donors (Lipinski definition) is 0. The number of allylic oxidation sites excluding steroid dienone is 2. The zero-order valence-electron chi connectivity index (χ0n) is 16.4. The van der Waals surface area contributed by atoms with Crippen LogP contribution < -0.4 is 4.74 Å². The lowest BCUT2D eigenvalue weighted by molar-refractivity contribution is -0.150. The Morgan fingerprint density at radius 2 is 1.93 bits per heavy atom. The highest BCUT2D eigenvalue weighted by molar-refractivity contribution is 9.10. The summed E-state index contributed by atoms with van der Waals surface area (Å²) in [4.78, 5) is 37.5. The maximum absolute atomic E-state index is 12.8. The number of amides is 2. The summed E-state index contributed by atoms with van der Waals surface area (Å²) >= 11 is 9.53. The molecular weight excluding hydrogens is 476 g/mol. The molecule has 1 aliphatic heterocycles. The molecule has 2 amide bonds. The molecule has 0 spiro atoms. The number of rotatable bonds is 6. The van der Waals surface area contributed by atoms with Gasteiger partial charge in [-0.25, -0.2) is 4.79 Å². The molecule has 2 fully saturated rings. The third-order valence-electron chi connectivity index (χ3n) is 5.71. The molecule has 9 heteroatoms. The van der Waals surface area contributed by atoms with Crippen molar-refractivity contribution in [3.05, 3.63) is 39.3 Å². The van der Waals surface area contributed by atoms with Gasteiger partial charge in [-0.3, -0.25) is 9.59 Å². The van der Waals surface area contributed by atoms with Crippen LogP contribution in [0.5, 0.6) is 5.75 Å². The molecule has 0 N–H and O–H groups in total. The second-order valence-corrected chi connectivity index (χ2v) is 8.84. The van der Waals surface area contributed by atoms with Gasteiger partial charge in [0.2, 0.25) is 0 Å². The molecule has 0 radical (unpaired) electrons. The predicted octanol–water partition coefficient (Wildman–Crippen LogP) is 3.57. The Bertz CT molecular complexity index is 948. The number of imide groups is 1. The molecule has 158 valence electrons. The number of halogens is 2. The lowest BCUT2D eigenvalue weighted by Crippen LogP contribution is -2.28. The van der Waals surface area contributed by atoms with Crippen molar-refractivity contribution < 1.29 is 23.9 Å². The quantitative estimate of drug-likeness (QED) is 0.261. The van der Waals surface area contributed by atoms with Gasteiger partial charge in [-0.1, -0.05) is 23.8 Å². The molecule has 30 heavy (non-hydrogen) atoms. The minimum absolute atomic E-state index is 0.112. The van der Waals surface area contributed by atoms with Crippen LogP contribution in [-0.4, -0.2) is 41.7 Å². The Labute approximate surface area is 187 Å². The largest absolute Gasteiger partial charge is 0.477 e. The number of ether oxygens (including phenoxy) is 2. The molecule has 0 unspecified atom stereocenters. The molecule has 2 bridgehead atoms. The molecule has 5 atom stereocenters. The molecule has 1 heterocycles. The molecule has 0 aromatic heterocycles. The number of carbonyl (C=O) groups is 3. The van der Waals surface area contributed by atoms with Crippen molar-refractivity contribution >= 4 is 51.5 Å². The first-order valence-electron chi connectivity index (χ1n) is 9.74. The zero-order valence-corrected chi connectivity index (χ0v) is 18.7. The minimum atomic E-state index is -0.870. The van der Waals surface area contributed by atoms with Gasteiger partial charge >= 0.3 is 5.97 Å². The van der Waals surface area contributed by atoms with Crippen LogP contribution in [0.15, 0.2) is 33.9 Å². The first-order valence-corrected chi connectivity index (χ1v) is 10.9. The average molecular weight is 496 g/mol. The first kappa shape index (κ1) is 21.1. The van der Waals surface area contributed by atoms with Crippen LogP contribution >= 0.6 is 27.5 Å². The number of carbonyl (C=O) groups excluding carboxylic acids is 3. The summed E-state index contributed by atoms with van der Waals surface area (Å²) in [5.41, 5.74) is 0.421. The van der Waals surface area contributed by atoms with Gasteiger partial charge in [0.1, 0.15) is 5.75 Å². The maximum Gasteiger partial charge on any atom is 0.347 e. The van der Waals surface area contributed by atoms with E-state index < -0.39 is 12.1 Å². The van der Waals surface area contributed by atoms with Gasteiger partial charge in [0.15, 0.2) is 6.10 Å². The highest BCUT2D eigenvalue weighted by Crippen LogP contribution is 2.52. The van der Waals surface area contributed by atoms with Crippen molar-refractivity contribution in [1.29, 1.82) is 0 Å². The molecule has 3 aliphatic rings. The summed E-state index contributed by atoms with van der Waals surface area (Å²) in [6.07, 6.45) is 5.40. The monoisotopic (exact) mass is 494 g/mol. The van der Waals surface area contributed by atoms with Crippen LogP contribution in [0.3, 0.4) is 0 Å². The number of hydrogen-bond acceptors (Lipinski definition) is 6. The van der Waals surface area contributed by atoms with Crippen LogP contribution in [0, 0.1) is 23.7 Å². The Kier molecular flexibility index (Phi) is 5.72. The number of fused-ring (bicyclic) bond motifs is 5. The zero-order chi connectivity index (χ0) is 21.6. The summed E-state index contributed by atoms with van der Waals surface area (Å²) < 4.78 is 11.2. The van der Waals surface area contributed by atoms with Crippen LogP contribution in [0.2, 0.25) is 5.02 Å². The molecule has 1 saturated carbocycles. The topological polar surface area (TPSA) is 85.3 Å². The molecule has 4 rings (SSSR count). The number of benzene rings is 1. The second kappa shape index (κ2) is 8.15. The van der Waals surface area contributed by atoms with E-state index in [1.807, 2.05) is 12.2 Å². The minimum Gasteiger partial charge on any atom is -0.477 e. The Morgan fingerprint density at radius 1 is 1.30 bits per heavy atom. The summed E-state index contributed by atoms with van der Waals surface area (Å²) in [5, 5.41) is 5.53. The third kappa shape index (κ3) is 3.56. The van der Waals surface area contributed by atoms with Gasteiger partial charge in [-0.2, -0.15) is 10.1 Å². The smallest absolute Gasteiger partial charge is 0.347 e. The van der Waals surface area contributed by atoms with Crippen molar-refractivity contribution in [2.45, 2.75) is 26.4 Å². The fourth-order valence-corrected chi connectivity index (χ4v) is 5.33. The van der Waals surface area contributed by atoms with Crippen LogP contribution in [-0.2, 0) is 19.1 Å². The number of hydrazone groups is 1. The van der Waals surface area contributed by atoms with E-state index in [4.69, 9.17) is 21.1 Å². The van der Waals surface area contributed by atoms with Gasteiger partial charge in [0.25, 0.3) is 11.8 Å². The van der Waals surface area contributed by atoms with E-state index in [0.717, 1.165) is 11.4 Å². The van der Waals surface area contributed by atoms with Crippen molar-refractivity contribution in [2.75, 3.05) is 6.61 Å². The lowest BCUT2D eigenvalue weighted by Gasteiger charge is -2.17. The Balaban J connectivity index is 1.59. The summed E-state index contributed by atoms with van der Waals surface area (Å²) in [6.45, 7) is 3.51. The maximum atomic E-state index is 12.8. The average Bonchev–Trinajstić information content (AvgIpc) is 3.37. The van der Waals surface area contributed by atoms with E-state index in [2.05, 4.69) is 21.0 Å². The molecule has 1 aromatic rings. The van der Waals surface area contributed by atoms with Crippen LogP contribution in [0.1, 0.15) is 25.8 Å². The normalized spacial score (nSPS) is 27.8. The SMILES string of the molecule is CCOC(=O)[C@H](C)Oc1c(Br)cc(Cl)cc1C=NN1C(=O)[C@@H]2[C@H](C1=O)[C@H]1C=C[C@H]2C1. The summed E-state index contributed by atoms with van der Waals surface area (Å²) in [6, 6.07) is 3.20. The summed E-state index contributed by atoms with van der Waals surface area (Å²) in [7, 11) is 0. The van der Waals surface area contributed by atoms with Gasteiger partial charge in [-0.15, -0.1) is 0 Å². The van der Waals surface area contributed by atoms with Gasteiger partial charge in [0.05, 0.1) is 29.1 Å². The van der Waals surface area contributed by atoms with Crippen molar-refractivity contribution in [3.8, 4) is 5.75 Å². The van der Waals surface area contributed by atoms with Gasteiger partial charge < -0.3 is 9.47 Å². The van der Waals surface area contributed by atoms with E-state index in [0.29, 0.717) is 20.8 Å². The van der Waals surface area contributed by atoms with E-state index in [9.17, 15) is 14.4 Å². The lowest BCUT2D eigenvalue weighted by atomic mass is 9.85. The first-order chi connectivity index (χ1) is 14.3. The van der Waals surface area contributed by atoms with E-state index in [-0.39, 0.29) is 42.1 Å². The van der Waals surface area contributed by atoms with Crippen molar-refractivity contribution in [3.63, 3.8) is 0 Å². The highest BCUT2D eigenvalue weighted by Gasteiger charge is 2.59. The molecule has 7 nitrogen and oxygen atoms in total. The molecule has 1 saturated heterocycles. The Hall–Kier alpha value is -2.19. The van der Waals surface area contributed by atoms with Crippen LogP contribution in [0.4, 0.5) is 0 Å². The number of esters is 1. The summed E-state index contributed by atoms with van der Waals surface area (Å²) in [5.74, 6) is -1.18. The van der Waals surface area contributed by atoms with E-state index in [1.165, 1.54) is 6.21 Å². The highest BCUT2D eigenvalue weighted by atomic mass is 79.9. The standard InChI is InChI=1S/C21H20BrClN2O5/c1-3-29-21(28)10(2)30-18-13(7-14(23)8-15(18)22)9-24-25-19(26)16-11-4-5-12(6-11)17(16)20(25)27/h4-5,7-12,16-17H,3,6H2,1-2H3/t10-,11-,12-,16-,17+/m0/s1. The van der Waals surface area contributed by atoms with Crippen LogP contribution in [0.25, 0.3) is 0 Å². The van der Waals surface area contributed by atoms with Crippen molar-refractivity contribution in [1.82, 2.24) is 5.01 Å². The molecule has 1 aromatic carbocycles. The van der Waals surface area contributed by atoms with Gasteiger partial charge in [-0.05, 0) is 60.2 Å². The van der Waals surface area contributed by atoms with E-state index in [1.54, 1.807) is 26.0 Å². The van der Waals surface area contributed by atoms with Crippen molar-refractivity contribution in [2.24, 2.45) is 28.8 Å². The second-order valence-electron chi connectivity index (χ2n) is 7.55. The molecular formula is C21H20BrClN2O5.